The molecule has 0 unspecified atom stereocenters. The van der Waals surface area contributed by atoms with E-state index in [-0.39, 0.29) is 16.5 Å². The molecule has 0 aliphatic carbocycles. The van der Waals surface area contributed by atoms with Gasteiger partial charge in [-0.05, 0) is 18.6 Å². The highest BCUT2D eigenvalue weighted by atomic mass is 19.4. The molecule has 84 valence electrons. The second kappa shape index (κ2) is 3.43. The summed E-state index contributed by atoms with van der Waals surface area (Å²) in [5.41, 5.74) is -0.877. The first-order valence-electron chi connectivity index (χ1n) is 4.52. The molecule has 1 aromatic carbocycles. The van der Waals surface area contributed by atoms with Crippen molar-refractivity contribution >= 4 is 10.9 Å². The van der Waals surface area contributed by atoms with Gasteiger partial charge in [0.25, 0.3) is 0 Å². The highest BCUT2D eigenvalue weighted by Gasteiger charge is 2.33. The van der Waals surface area contributed by atoms with E-state index in [1.54, 1.807) is 0 Å². The maximum absolute atomic E-state index is 13.1. The zero-order valence-electron chi connectivity index (χ0n) is 8.27. The summed E-state index contributed by atoms with van der Waals surface area (Å²) in [7, 11) is 0. The van der Waals surface area contributed by atoms with Crippen LogP contribution in [0.3, 0.4) is 0 Å². The van der Waals surface area contributed by atoms with Crippen LogP contribution < -0.4 is 0 Å². The summed E-state index contributed by atoms with van der Waals surface area (Å²) in [6.45, 7) is 1.43. The molecule has 5 heteroatoms. The number of para-hydroxylation sites is 1. The maximum atomic E-state index is 13.1. The van der Waals surface area contributed by atoms with Gasteiger partial charge in [0.1, 0.15) is 5.82 Å². The predicted molar refractivity (Wildman–Crippen MR) is 51.4 cm³/mol. The Labute approximate surface area is 88.7 Å². The Hall–Kier alpha value is -1.65. The van der Waals surface area contributed by atoms with Crippen molar-refractivity contribution in [3.63, 3.8) is 0 Å². The van der Waals surface area contributed by atoms with Crippen LogP contribution in [0, 0.1) is 12.7 Å². The zero-order valence-corrected chi connectivity index (χ0v) is 8.27. The molecule has 0 radical (unpaired) electrons. The highest BCUT2D eigenvalue weighted by molar-refractivity contribution is 5.85. The lowest BCUT2D eigenvalue weighted by molar-refractivity contribution is -0.136. The lowest BCUT2D eigenvalue weighted by atomic mass is 10.1. The van der Waals surface area contributed by atoms with Crippen molar-refractivity contribution in [3.05, 3.63) is 41.3 Å². The fourth-order valence-electron chi connectivity index (χ4n) is 1.56. The minimum Gasteiger partial charge on any atom is -0.253 e. The minimum atomic E-state index is -4.48. The average Bonchev–Trinajstić information content (AvgIpc) is 2.21. The van der Waals surface area contributed by atoms with Gasteiger partial charge in [-0.15, -0.1) is 0 Å². The second-order valence-electron chi connectivity index (χ2n) is 3.43. The Balaban J connectivity index is 2.85. The second-order valence-corrected chi connectivity index (χ2v) is 3.43. The van der Waals surface area contributed by atoms with E-state index in [1.165, 1.54) is 19.1 Å². The van der Waals surface area contributed by atoms with E-state index in [9.17, 15) is 17.6 Å². The van der Waals surface area contributed by atoms with Gasteiger partial charge in [0, 0.05) is 5.39 Å². The van der Waals surface area contributed by atoms with Crippen molar-refractivity contribution in [2.24, 2.45) is 0 Å². The van der Waals surface area contributed by atoms with Crippen LogP contribution in [-0.4, -0.2) is 4.98 Å². The maximum Gasteiger partial charge on any atom is 0.418 e. The lowest BCUT2D eigenvalue weighted by Crippen LogP contribution is -2.07. The quantitative estimate of drug-likeness (QED) is 0.627. The molecule has 0 spiro atoms. The van der Waals surface area contributed by atoms with Crippen molar-refractivity contribution in [2.75, 3.05) is 0 Å². The molecule has 0 saturated heterocycles. The number of halogens is 4. The number of hydrogen-bond donors (Lipinski definition) is 0. The summed E-state index contributed by atoms with van der Waals surface area (Å²) in [5, 5.41) is 0.190. The van der Waals surface area contributed by atoms with E-state index in [2.05, 4.69) is 4.98 Å². The first kappa shape index (κ1) is 10.9. The van der Waals surface area contributed by atoms with Crippen LogP contribution in [0.15, 0.2) is 24.4 Å². The van der Waals surface area contributed by atoms with Crippen LogP contribution in [0.5, 0.6) is 0 Å². The molecular formula is C11H7F4N. The summed E-state index contributed by atoms with van der Waals surface area (Å²) in [6, 6.07) is 3.61. The Morgan fingerprint density at radius 3 is 2.50 bits per heavy atom. The van der Waals surface area contributed by atoms with E-state index in [1.807, 2.05) is 0 Å². The van der Waals surface area contributed by atoms with E-state index < -0.39 is 17.6 Å². The Morgan fingerprint density at radius 2 is 1.88 bits per heavy atom. The monoisotopic (exact) mass is 229 g/mol. The van der Waals surface area contributed by atoms with Gasteiger partial charge < -0.3 is 0 Å². The lowest BCUT2D eigenvalue weighted by Gasteiger charge is -2.10. The normalized spacial score (nSPS) is 12.1. The van der Waals surface area contributed by atoms with Gasteiger partial charge in [0.15, 0.2) is 0 Å². The molecule has 1 nitrogen and oxygen atoms in total. The predicted octanol–water partition coefficient (Wildman–Crippen LogP) is 3.70. The molecule has 2 rings (SSSR count). The van der Waals surface area contributed by atoms with Crippen LogP contribution in [0.2, 0.25) is 0 Å². The van der Waals surface area contributed by atoms with Gasteiger partial charge in [-0.25, -0.2) is 4.39 Å². The van der Waals surface area contributed by atoms with Crippen molar-refractivity contribution in [2.45, 2.75) is 13.1 Å². The summed E-state index contributed by atoms with van der Waals surface area (Å²) in [5.74, 6) is -0.605. The van der Waals surface area contributed by atoms with E-state index in [4.69, 9.17) is 0 Å². The summed E-state index contributed by atoms with van der Waals surface area (Å²) < 4.78 is 51.0. The van der Waals surface area contributed by atoms with Gasteiger partial charge >= 0.3 is 6.18 Å². The van der Waals surface area contributed by atoms with Gasteiger partial charge in [-0.2, -0.15) is 13.2 Å². The van der Waals surface area contributed by atoms with E-state index >= 15 is 0 Å². The van der Waals surface area contributed by atoms with Crippen LogP contribution >= 0.6 is 0 Å². The average molecular weight is 229 g/mol. The number of rotatable bonds is 0. The van der Waals surface area contributed by atoms with Crippen LogP contribution in [-0.2, 0) is 6.18 Å². The molecule has 0 aliphatic heterocycles. The molecule has 0 saturated carbocycles. The van der Waals surface area contributed by atoms with Crippen molar-refractivity contribution in [1.29, 1.82) is 0 Å². The Morgan fingerprint density at radius 1 is 1.19 bits per heavy atom. The molecule has 16 heavy (non-hydrogen) atoms. The van der Waals surface area contributed by atoms with Crippen molar-refractivity contribution < 1.29 is 17.6 Å². The smallest absolute Gasteiger partial charge is 0.253 e. The zero-order chi connectivity index (χ0) is 11.9. The number of nitrogens with zero attached hydrogens (tertiary/aromatic N) is 1. The number of pyridine rings is 1. The number of aromatic nitrogens is 1. The molecule has 0 atom stereocenters. The summed E-state index contributed by atoms with van der Waals surface area (Å²) in [4.78, 5) is 3.51. The number of aryl methyl sites for hydroxylation is 1. The molecule has 0 fully saturated rings. The molecule has 2 aromatic rings. The number of benzene rings is 1. The Kier molecular flexibility index (Phi) is 2.33. The van der Waals surface area contributed by atoms with Crippen LogP contribution in [0.4, 0.5) is 17.6 Å². The number of alkyl halides is 3. The van der Waals surface area contributed by atoms with Crippen LogP contribution in [0.25, 0.3) is 10.9 Å². The first-order valence-corrected chi connectivity index (χ1v) is 4.52. The summed E-state index contributed by atoms with van der Waals surface area (Å²) >= 11 is 0. The van der Waals surface area contributed by atoms with Gasteiger partial charge in [0.05, 0.1) is 17.3 Å². The van der Waals surface area contributed by atoms with E-state index in [0.717, 1.165) is 12.3 Å². The SMILES string of the molecule is Cc1c(F)cnc2c(C(F)(F)F)cccc12. The molecule has 1 aromatic heterocycles. The molecule has 0 amide bonds. The molecule has 1 heterocycles. The summed E-state index contributed by atoms with van der Waals surface area (Å²) in [6.07, 6.45) is -3.66. The molecular weight excluding hydrogens is 222 g/mol. The number of hydrogen-bond acceptors (Lipinski definition) is 1. The first-order chi connectivity index (χ1) is 7.41. The van der Waals surface area contributed by atoms with Gasteiger partial charge in [-0.3, -0.25) is 4.98 Å². The van der Waals surface area contributed by atoms with Gasteiger partial charge in [-0.1, -0.05) is 12.1 Å². The Bertz CT molecular complexity index is 545. The third kappa shape index (κ3) is 1.62. The topological polar surface area (TPSA) is 12.9 Å². The molecule has 0 N–H and O–H groups in total. The van der Waals surface area contributed by atoms with Gasteiger partial charge in [0.2, 0.25) is 0 Å². The fraction of sp³-hybridized carbons (Fsp3) is 0.182. The fourth-order valence-corrected chi connectivity index (χ4v) is 1.56. The van der Waals surface area contributed by atoms with E-state index in [0.29, 0.717) is 0 Å². The van der Waals surface area contributed by atoms with Crippen molar-refractivity contribution in [1.82, 2.24) is 4.98 Å². The van der Waals surface area contributed by atoms with Crippen molar-refractivity contribution in [3.8, 4) is 0 Å². The third-order valence-electron chi connectivity index (χ3n) is 2.41. The largest absolute Gasteiger partial charge is 0.418 e. The molecule has 0 aliphatic rings. The molecule has 0 bridgehead atoms. The third-order valence-corrected chi connectivity index (χ3v) is 2.41. The highest BCUT2D eigenvalue weighted by Crippen LogP contribution is 2.34. The van der Waals surface area contributed by atoms with Crippen LogP contribution in [0.1, 0.15) is 11.1 Å². The number of fused-ring (bicyclic) bond motifs is 1. The standard InChI is InChI=1S/C11H7F4N/c1-6-7-3-2-4-8(11(13,14)15)10(7)16-5-9(6)12/h2-5H,1H3. The minimum absolute atomic E-state index is 0.177.